The molecule has 3 heterocycles. The Kier molecular flexibility index (Phi) is 4.50. The third kappa shape index (κ3) is 3.77. The first-order chi connectivity index (χ1) is 15.0. The summed E-state index contributed by atoms with van der Waals surface area (Å²) in [5, 5.41) is 15.3. The summed E-state index contributed by atoms with van der Waals surface area (Å²) >= 11 is 0. The Morgan fingerprint density at radius 1 is 1.26 bits per heavy atom. The van der Waals surface area contributed by atoms with Crippen molar-refractivity contribution >= 4 is 35.6 Å². The SMILES string of the molecule is Cc1cccc(CNc2nc(NC3CC3)n3ncc(/C=C4\NC(=O)NC4=O)c3n2)c1F. The lowest BCUT2D eigenvalue weighted by Gasteiger charge is -2.11. The van der Waals surface area contributed by atoms with E-state index in [0.29, 0.717) is 34.3 Å². The Morgan fingerprint density at radius 3 is 2.84 bits per heavy atom. The van der Waals surface area contributed by atoms with Gasteiger partial charge in [-0.2, -0.15) is 19.6 Å². The second kappa shape index (κ2) is 7.35. The minimum atomic E-state index is -0.582. The van der Waals surface area contributed by atoms with Crippen molar-refractivity contribution < 1.29 is 14.0 Å². The van der Waals surface area contributed by atoms with Crippen LogP contribution in [0.25, 0.3) is 11.7 Å². The lowest BCUT2D eigenvalue weighted by Crippen LogP contribution is -2.22. The van der Waals surface area contributed by atoms with Crippen molar-refractivity contribution in [2.45, 2.75) is 32.4 Å². The molecule has 158 valence electrons. The van der Waals surface area contributed by atoms with Crippen molar-refractivity contribution in [2.75, 3.05) is 10.6 Å². The number of halogens is 1. The number of rotatable bonds is 6. The number of anilines is 2. The Labute approximate surface area is 176 Å². The van der Waals surface area contributed by atoms with Crippen LogP contribution >= 0.6 is 0 Å². The van der Waals surface area contributed by atoms with Crippen LogP contribution in [0.5, 0.6) is 0 Å². The molecular formula is C20H19FN8O2. The quantitative estimate of drug-likeness (QED) is 0.353. The molecule has 0 spiro atoms. The van der Waals surface area contributed by atoms with Gasteiger partial charge in [0.25, 0.3) is 5.91 Å². The number of amides is 3. The zero-order chi connectivity index (χ0) is 21.5. The lowest BCUT2D eigenvalue weighted by atomic mass is 10.1. The molecule has 11 heteroatoms. The van der Waals surface area contributed by atoms with E-state index in [9.17, 15) is 14.0 Å². The third-order valence-electron chi connectivity index (χ3n) is 5.03. The maximum atomic E-state index is 14.3. The first-order valence-corrected chi connectivity index (χ1v) is 9.82. The molecule has 2 fully saturated rings. The van der Waals surface area contributed by atoms with Crippen LogP contribution in [-0.2, 0) is 11.3 Å². The molecule has 3 aromatic rings. The number of nitrogens with zero attached hydrogens (tertiary/aromatic N) is 4. The van der Waals surface area contributed by atoms with E-state index in [1.807, 2.05) is 0 Å². The Morgan fingerprint density at radius 2 is 2.10 bits per heavy atom. The summed E-state index contributed by atoms with van der Waals surface area (Å²) in [5.74, 6) is -0.0194. The zero-order valence-corrected chi connectivity index (χ0v) is 16.6. The number of urea groups is 1. The van der Waals surface area contributed by atoms with Crippen molar-refractivity contribution in [1.82, 2.24) is 30.2 Å². The van der Waals surface area contributed by atoms with Crippen molar-refractivity contribution in [1.29, 1.82) is 0 Å². The Balaban J connectivity index is 1.50. The predicted octanol–water partition coefficient (Wildman–Crippen LogP) is 1.94. The molecule has 31 heavy (non-hydrogen) atoms. The van der Waals surface area contributed by atoms with Gasteiger partial charge in [0, 0.05) is 23.7 Å². The summed E-state index contributed by atoms with van der Waals surface area (Å²) in [5.41, 5.74) is 2.13. The van der Waals surface area contributed by atoms with Crippen molar-refractivity contribution in [2.24, 2.45) is 0 Å². The number of hydrogen-bond acceptors (Lipinski definition) is 7. The number of carbonyl (C=O) groups excluding carboxylic acids is 2. The molecule has 0 bridgehead atoms. The molecule has 10 nitrogen and oxygen atoms in total. The second-order valence-corrected chi connectivity index (χ2v) is 7.49. The molecule has 1 aliphatic carbocycles. The molecule has 0 atom stereocenters. The molecule has 0 radical (unpaired) electrons. The Hall–Kier alpha value is -4.02. The van der Waals surface area contributed by atoms with Gasteiger partial charge < -0.3 is 16.0 Å². The highest BCUT2D eigenvalue weighted by molar-refractivity contribution is 6.14. The molecule has 1 aliphatic heterocycles. The third-order valence-corrected chi connectivity index (χ3v) is 5.03. The minimum absolute atomic E-state index is 0.103. The molecule has 5 rings (SSSR count). The molecule has 1 aromatic carbocycles. The Bertz CT molecular complexity index is 1250. The second-order valence-electron chi connectivity index (χ2n) is 7.49. The smallest absolute Gasteiger partial charge is 0.326 e. The number of imide groups is 1. The highest BCUT2D eigenvalue weighted by atomic mass is 19.1. The predicted molar refractivity (Wildman–Crippen MR) is 111 cm³/mol. The largest absolute Gasteiger partial charge is 0.351 e. The van der Waals surface area contributed by atoms with Crippen LogP contribution in [0.15, 0.2) is 30.1 Å². The first kappa shape index (κ1) is 19.0. The lowest BCUT2D eigenvalue weighted by molar-refractivity contribution is -0.115. The summed E-state index contributed by atoms with van der Waals surface area (Å²) < 4.78 is 15.9. The van der Waals surface area contributed by atoms with Gasteiger partial charge in [-0.1, -0.05) is 18.2 Å². The maximum Gasteiger partial charge on any atom is 0.326 e. The maximum absolute atomic E-state index is 14.3. The van der Waals surface area contributed by atoms with Crippen LogP contribution < -0.4 is 21.3 Å². The van der Waals surface area contributed by atoms with Gasteiger partial charge in [-0.05, 0) is 31.4 Å². The van der Waals surface area contributed by atoms with Gasteiger partial charge in [-0.3, -0.25) is 10.1 Å². The van der Waals surface area contributed by atoms with Crippen LogP contribution in [0, 0.1) is 12.7 Å². The van der Waals surface area contributed by atoms with Gasteiger partial charge in [0.05, 0.1) is 6.20 Å². The first-order valence-electron chi connectivity index (χ1n) is 9.82. The fraction of sp³-hybridized carbons (Fsp3) is 0.250. The van der Waals surface area contributed by atoms with Gasteiger partial charge in [-0.15, -0.1) is 0 Å². The fourth-order valence-corrected chi connectivity index (χ4v) is 3.24. The number of nitrogens with one attached hydrogen (secondary N) is 4. The molecule has 3 amide bonds. The van der Waals surface area contributed by atoms with Crippen molar-refractivity contribution in [3.63, 3.8) is 0 Å². The van der Waals surface area contributed by atoms with E-state index in [1.165, 1.54) is 16.8 Å². The molecule has 2 aliphatic rings. The summed E-state index contributed by atoms with van der Waals surface area (Å²) in [4.78, 5) is 32.3. The molecule has 1 saturated carbocycles. The van der Waals surface area contributed by atoms with Gasteiger partial charge in [-0.25, -0.2) is 9.18 Å². The summed E-state index contributed by atoms with van der Waals surface area (Å²) in [6.07, 6.45) is 5.11. The van der Waals surface area contributed by atoms with E-state index in [2.05, 4.69) is 36.3 Å². The monoisotopic (exact) mass is 422 g/mol. The van der Waals surface area contributed by atoms with E-state index in [4.69, 9.17) is 0 Å². The standard InChI is InChI=1S/C20H19FN8O2/c1-10-3-2-4-11(15(10)21)8-22-18-26-16-12(7-14-17(30)27-20(31)25-14)9-23-29(16)19(28-18)24-13-5-6-13/h2-4,7,9,13H,5-6,8H2,1H3,(H2,22,24,26,28)(H2,25,27,30,31)/b14-7-. The van der Waals surface area contributed by atoms with Gasteiger partial charge >= 0.3 is 6.03 Å². The highest BCUT2D eigenvalue weighted by Gasteiger charge is 2.26. The number of hydrogen-bond donors (Lipinski definition) is 4. The zero-order valence-electron chi connectivity index (χ0n) is 16.6. The molecular weight excluding hydrogens is 403 g/mol. The molecule has 1 saturated heterocycles. The van der Waals surface area contributed by atoms with Gasteiger partial charge in [0.15, 0.2) is 5.65 Å². The summed E-state index contributed by atoms with van der Waals surface area (Å²) in [6, 6.07) is 4.94. The van der Waals surface area contributed by atoms with E-state index < -0.39 is 11.9 Å². The summed E-state index contributed by atoms with van der Waals surface area (Å²) in [6.45, 7) is 1.92. The van der Waals surface area contributed by atoms with Crippen LogP contribution in [0.3, 0.4) is 0 Å². The number of aromatic nitrogens is 4. The average Bonchev–Trinajstić information content (AvgIpc) is 3.37. The normalized spacial score (nSPS) is 17.2. The number of aryl methyl sites for hydroxylation is 1. The minimum Gasteiger partial charge on any atom is -0.351 e. The van der Waals surface area contributed by atoms with Crippen LogP contribution in [0.2, 0.25) is 0 Å². The number of benzene rings is 1. The van der Waals surface area contributed by atoms with Crippen LogP contribution in [0.1, 0.15) is 29.5 Å². The summed E-state index contributed by atoms with van der Waals surface area (Å²) in [7, 11) is 0. The van der Waals surface area contributed by atoms with E-state index in [-0.39, 0.29) is 24.0 Å². The number of carbonyl (C=O) groups is 2. The topological polar surface area (TPSA) is 125 Å². The average molecular weight is 422 g/mol. The van der Waals surface area contributed by atoms with Gasteiger partial charge in [0.2, 0.25) is 11.9 Å². The fourth-order valence-electron chi connectivity index (χ4n) is 3.24. The van der Waals surface area contributed by atoms with Gasteiger partial charge in [0.1, 0.15) is 11.5 Å². The molecule has 0 unspecified atom stereocenters. The molecule has 4 N–H and O–H groups in total. The highest BCUT2D eigenvalue weighted by Crippen LogP contribution is 2.26. The van der Waals surface area contributed by atoms with E-state index in [1.54, 1.807) is 25.1 Å². The van der Waals surface area contributed by atoms with Crippen LogP contribution in [0.4, 0.5) is 21.1 Å². The number of fused-ring (bicyclic) bond motifs is 1. The van der Waals surface area contributed by atoms with E-state index >= 15 is 0 Å². The molecule has 2 aromatic heterocycles. The van der Waals surface area contributed by atoms with Crippen LogP contribution in [-0.4, -0.2) is 37.6 Å². The van der Waals surface area contributed by atoms with E-state index in [0.717, 1.165) is 12.8 Å². The van der Waals surface area contributed by atoms with Crippen molar-refractivity contribution in [3.8, 4) is 0 Å². The van der Waals surface area contributed by atoms with Crippen molar-refractivity contribution in [3.05, 3.63) is 52.6 Å².